The summed E-state index contributed by atoms with van der Waals surface area (Å²) >= 11 is 0. The zero-order valence-electron chi connectivity index (χ0n) is 7.16. The Kier molecular flexibility index (Phi) is 3.00. The number of rotatable bonds is 3. The number of nitrogens with two attached hydrogens (primary N) is 1. The van der Waals surface area contributed by atoms with Crippen LogP contribution in [-0.4, -0.2) is 12.3 Å². The van der Waals surface area contributed by atoms with Gasteiger partial charge in [0, 0.05) is 0 Å². The second kappa shape index (κ2) is 4.02. The highest BCUT2D eigenvalue weighted by Crippen LogP contribution is 2.04. The Morgan fingerprint density at radius 3 is 2.50 bits per heavy atom. The number of benzene rings is 1. The van der Waals surface area contributed by atoms with E-state index in [1.807, 2.05) is 31.2 Å². The maximum absolute atomic E-state index is 10.3. The van der Waals surface area contributed by atoms with Crippen molar-refractivity contribution < 1.29 is 4.79 Å². The van der Waals surface area contributed by atoms with Crippen molar-refractivity contribution in [3.8, 4) is 0 Å². The topological polar surface area (TPSA) is 43.1 Å². The molecule has 0 aromatic heterocycles. The molecule has 1 aromatic rings. The molecule has 0 bridgehead atoms. The molecule has 0 saturated carbocycles. The SMILES string of the molecule is Cc1ccc(C[C@H](N)C=O)cc1. The molecule has 1 rings (SSSR count). The normalized spacial score (nSPS) is 12.5. The van der Waals surface area contributed by atoms with Crippen LogP contribution in [0.2, 0.25) is 0 Å². The minimum absolute atomic E-state index is 0.368. The van der Waals surface area contributed by atoms with Gasteiger partial charge < -0.3 is 10.5 Å². The first-order chi connectivity index (χ1) is 5.72. The van der Waals surface area contributed by atoms with E-state index in [0.717, 1.165) is 11.8 Å². The average molecular weight is 163 g/mol. The van der Waals surface area contributed by atoms with Crippen LogP contribution in [-0.2, 0) is 11.2 Å². The molecule has 0 aliphatic heterocycles. The molecule has 1 atom stereocenters. The monoisotopic (exact) mass is 163 g/mol. The van der Waals surface area contributed by atoms with Gasteiger partial charge in [0.2, 0.25) is 0 Å². The van der Waals surface area contributed by atoms with Crippen LogP contribution in [0.4, 0.5) is 0 Å². The van der Waals surface area contributed by atoms with Crippen molar-refractivity contribution in [1.82, 2.24) is 0 Å². The van der Waals surface area contributed by atoms with Crippen LogP contribution in [0.5, 0.6) is 0 Å². The van der Waals surface area contributed by atoms with Gasteiger partial charge in [-0.15, -0.1) is 0 Å². The molecule has 2 heteroatoms. The summed E-state index contributed by atoms with van der Waals surface area (Å²) in [7, 11) is 0. The number of carbonyl (C=O) groups is 1. The summed E-state index contributed by atoms with van der Waals surface area (Å²) < 4.78 is 0. The van der Waals surface area contributed by atoms with Crippen molar-refractivity contribution in [1.29, 1.82) is 0 Å². The minimum Gasteiger partial charge on any atom is -0.321 e. The number of hydrogen-bond acceptors (Lipinski definition) is 2. The van der Waals surface area contributed by atoms with E-state index in [2.05, 4.69) is 0 Å². The summed E-state index contributed by atoms with van der Waals surface area (Å²) in [5.74, 6) is 0. The maximum atomic E-state index is 10.3. The number of aryl methyl sites for hydroxylation is 1. The molecule has 0 radical (unpaired) electrons. The van der Waals surface area contributed by atoms with Gasteiger partial charge in [-0.25, -0.2) is 0 Å². The molecular weight excluding hydrogens is 150 g/mol. The zero-order chi connectivity index (χ0) is 8.97. The van der Waals surface area contributed by atoms with E-state index in [4.69, 9.17) is 5.73 Å². The predicted molar refractivity (Wildman–Crippen MR) is 48.9 cm³/mol. The third-order valence-corrected chi connectivity index (χ3v) is 1.77. The van der Waals surface area contributed by atoms with Gasteiger partial charge in [0.15, 0.2) is 0 Å². The van der Waals surface area contributed by atoms with E-state index in [9.17, 15) is 4.79 Å². The van der Waals surface area contributed by atoms with Crippen molar-refractivity contribution in [3.05, 3.63) is 35.4 Å². The summed E-state index contributed by atoms with van der Waals surface area (Å²) in [5, 5.41) is 0. The summed E-state index contributed by atoms with van der Waals surface area (Å²) in [6.45, 7) is 2.03. The van der Waals surface area contributed by atoms with E-state index >= 15 is 0 Å². The Labute approximate surface area is 72.4 Å². The van der Waals surface area contributed by atoms with E-state index in [0.29, 0.717) is 6.42 Å². The molecule has 1 aromatic carbocycles. The molecule has 0 unspecified atom stereocenters. The van der Waals surface area contributed by atoms with Crippen molar-refractivity contribution >= 4 is 6.29 Å². The summed E-state index contributed by atoms with van der Waals surface area (Å²) in [6, 6.07) is 7.67. The van der Waals surface area contributed by atoms with Gasteiger partial charge in [-0.2, -0.15) is 0 Å². The van der Waals surface area contributed by atoms with E-state index < -0.39 is 0 Å². The van der Waals surface area contributed by atoms with Crippen LogP contribution < -0.4 is 5.73 Å². The van der Waals surface area contributed by atoms with Crippen molar-refractivity contribution in [2.24, 2.45) is 5.73 Å². The maximum Gasteiger partial charge on any atom is 0.137 e. The van der Waals surface area contributed by atoms with Crippen LogP contribution in [0, 0.1) is 6.92 Å². The molecule has 2 nitrogen and oxygen atoms in total. The van der Waals surface area contributed by atoms with Gasteiger partial charge in [0.1, 0.15) is 6.29 Å². The van der Waals surface area contributed by atoms with Crippen LogP contribution >= 0.6 is 0 Å². The third kappa shape index (κ3) is 2.47. The third-order valence-electron chi connectivity index (χ3n) is 1.77. The Hall–Kier alpha value is -1.15. The summed E-state index contributed by atoms with van der Waals surface area (Å²) in [4.78, 5) is 10.3. The van der Waals surface area contributed by atoms with Gasteiger partial charge in [-0.1, -0.05) is 29.8 Å². The zero-order valence-corrected chi connectivity index (χ0v) is 7.16. The molecule has 0 aliphatic rings. The molecule has 0 amide bonds. The fraction of sp³-hybridized carbons (Fsp3) is 0.300. The average Bonchev–Trinajstić information content (AvgIpc) is 2.09. The highest BCUT2D eigenvalue weighted by atomic mass is 16.1. The molecule has 2 N–H and O–H groups in total. The Bertz CT molecular complexity index is 253. The standard InChI is InChI=1S/C10H13NO/c1-8-2-4-9(5-3-8)6-10(11)7-12/h2-5,7,10H,6,11H2,1H3/t10-/m0/s1. The lowest BCUT2D eigenvalue weighted by Gasteiger charge is -2.03. The smallest absolute Gasteiger partial charge is 0.137 e. The molecule has 0 saturated heterocycles. The number of carbonyl (C=O) groups excluding carboxylic acids is 1. The molecule has 64 valence electrons. The Balaban J connectivity index is 2.64. The fourth-order valence-electron chi connectivity index (χ4n) is 1.04. The number of hydrogen-bond donors (Lipinski definition) is 1. The highest BCUT2D eigenvalue weighted by Gasteiger charge is 2.00. The second-order valence-electron chi connectivity index (χ2n) is 2.99. The lowest BCUT2D eigenvalue weighted by atomic mass is 10.1. The molecule has 12 heavy (non-hydrogen) atoms. The first-order valence-electron chi connectivity index (χ1n) is 3.99. The Morgan fingerprint density at radius 2 is 2.00 bits per heavy atom. The van der Waals surface area contributed by atoms with Gasteiger partial charge in [0.25, 0.3) is 0 Å². The summed E-state index contributed by atoms with van der Waals surface area (Å²) in [6.07, 6.45) is 1.41. The molecule has 0 aliphatic carbocycles. The highest BCUT2D eigenvalue weighted by molar-refractivity contribution is 5.57. The number of aldehydes is 1. The van der Waals surface area contributed by atoms with Crippen molar-refractivity contribution in [2.75, 3.05) is 0 Å². The van der Waals surface area contributed by atoms with Crippen LogP contribution in [0.15, 0.2) is 24.3 Å². The van der Waals surface area contributed by atoms with Crippen molar-refractivity contribution in [2.45, 2.75) is 19.4 Å². The van der Waals surface area contributed by atoms with Gasteiger partial charge in [-0.3, -0.25) is 0 Å². The van der Waals surface area contributed by atoms with Crippen LogP contribution in [0.25, 0.3) is 0 Å². The second-order valence-corrected chi connectivity index (χ2v) is 2.99. The van der Waals surface area contributed by atoms with Crippen molar-refractivity contribution in [3.63, 3.8) is 0 Å². The van der Waals surface area contributed by atoms with E-state index in [-0.39, 0.29) is 6.04 Å². The minimum atomic E-state index is -0.368. The van der Waals surface area contributed by atoms with Crippen LogP contribution in [0.1, 0.15) is 11.1 Å². The molecule has 0 heterocycles. The largest absolute Gasteiger partial charge is 0.321 e. The molecule has 0 fully saturated rings. The van der Waals surface area contributed by atoms with Gasteiger partial charge in [-0.05, 0) is 18.9 Å². The molecule has 0 spiro atoms. The summed E-state index contributed by atoms with van der Waals surface area (Å²) in [5.41, 5.74) is 7.81. The first-order valence-corrected chi connectivity index (χ1v) is 3.99. The quantitative estimate of drug-likeness (QED) is 0.677. The fourth-order valence-corrected chi connectivity index (χ4v) is 1.04. The lowest BCUT2D eigenvalue weighted by Crippen LogP contribution is -2.23. The predicted octanol–water partition coefficient (Wildman–Crippen LogP) is 1.06. The lowest BCUT2D eigenvalue weighted by molar-refractivity contribution is -0.108. The van der Waals surface area contributed by atoms with E-state index in [1.165, 1.54) is 5.56 Å². The van der Waals surface area contributed by atoms with Gasteiger partial charge >= 0.3 is 0 Å². The van der Waals surface area contributed by atoms with Gasteiger partial charge in [0.05, 0.1) is 6.04 Å². The molecular formula is C10H13NO. The van der Waals surface area contributed by atoms with E-state index in [1.54, 1.807) is 0 Å². The Morgan fingerprint density at radius 1 is 1.42 bits per heavy atom. The van der Waals surface area contributed by atoms with Crippen LogP contribution in [0.3, 0.4) is 0 Å². The first kappa shape index (κ1) is 8.94.